The molecule has 1 aromatic carbocycles. The number of morpholine rings is 1. The lowest BCUT2D eigenvalue weighted by atomic mass is 10.1. The highest BCUT2D eigenvalue weighted by Gasteiger charge is 2.28. The van der Waals surface area contributed by atoms with Gasteiger partial charge in [0.1, 0.15) is 25.1 Å². The van der Waals surface area contributed by atoms with Gasteiger partial charge in [0.25, 0.3) is 5.91 Å². The van der Waals surface area contributed by atoms with Crippen LogP contribution in [0.5, 0.6) is 11.5 Å². The van der Waals surface area contributed by atoms with E-state index in [2.05, 4.69) is 20.3 Å². The fraction of sp³-hybridized carbons (Fsp3) is 0.273. The van der Waals surface area contributed by atoms with Crippen LogP contribution in [-0.2, 0) is 4.74 Å². The number of fused-ring (bicyclic) bond motifs is 1. The van der Waals surface area contributed by atoms with Gasteiger partial charge in [0.05, 0.1) is 36.9 Å². The van der Waals surface area contributed by atoms with Crippen LogP contribution in [-0.4, -0.2) is 58.7 Å². The van der Waals surface area contributed by atoms with Crippen LogP contribution in [0.15, 0.2) is 55.1 Å². The minimum atomic E-state index is -0.291. The number of nitrogens with zero attached hydrogens (tertiary/aromatic N) is 4. The Hall–Kier alpha value is -3.72. The maximum atomic E-state index is 13.1. The summed E-state index contributed by atoms with van der Waals surface area (Å²) in [6, 6.07) is 9.09. The maximum absolute atomic E-state index is 13.1. The van der Waals surface area contributed by atoms with Gasteiger partial charge in [0.2, 0.25) is 0 Å². The molecule has 1 fully saturated rings. The number of amides is 1. The van der Waals surface area contributed by atoms with Crippen molar-refractivity contribution in [2.45, 2.75) is 6.10 Å². The third-order valence-corrected chi connectivity index (χ3v) is 5.09. The zero-order chi connectivity index (χ0) is 21.0. The Morgan fingerprint density at radius 3 is 2.71 bits per heavy atom. The molecule has 5 rings (SSSR count). The van der Waals surface area contributed by atoms with E-state index in [0.717, 1.165) is 11.4 Å². The van der Waals surface area contributed by atoms with Crippen molar-refractivity contribution in [3.05, 3.63) is 66.4 Å². The van der Waals surface area contributed by atoms with E-state index in [0.29, 0.717) is 55.8 Å². The predicted octanol–water partition coefficient (Wildman–Crippen LogP) is 2.60. The second kappa shape index (κ2) is 8.57. The molecule has 1 saturated heterocycles. The number of aromatic nitrogens is 3. The summed E-state index contributed by atoms with van der Waals surface area (Å²) < 4.78 is 17.0. The van der Waals surface area contributed by atoms with Crippen LogP contribution >= 0.6 is 0 Å². The van der Waals surface area contributed by atoms with Crippen molar-refractivity contribution >= 4 is 17.4 Å². The van der Waals surface area contributed by atoms with E-state index < -0.39 is 0 Å². The molecule has 1 amide bonds. The molecule has 2 aliphatic heterocycles. The summed E-state index contributed by atoms with van der Waals surface area (Å²) in [7, 11) is 0. The fourth-order valence-electron chi connectivity index (χ4n) is 3.55. The Bertz CT molecular complexity index is 1060. The van der Waals surface area contributed by atoms with E-state index in [-0.39, 0.29) is 12.0 Å². The molecule has 1 atom stereocenters. The topological polar surface area (TPSA) is 98.7 Å². The number of nitrogens with one attached hydrogen (secondary N) is 1. The summed E-state index contributed by atoms with van der Waals surface area (Å²) in [5, 5.41) is 3.14. The number of ether oxygens (including phenoxy) is 3. The van der Waals surface area contributed by atoms with Crippen LogP contribution in [0.2, 0.25) is 0 Å². The van der Waals surface area contributed by atoms with E-state index in [1.54, 1.807) is 47.9 Å². The van der Waals surface area contributed by atoms with Gasteiger partial charge in [-0.25, -0.2) is 4.98 Å². The number of benzene rings is 1. The molecule has 9 nitrogen and oxygen atoms in total. The fourth-order valence-corrected chi connectivity index (χ4v) is 3.55. The zero-order valence-electron chi connectivity index (χ0n) is 16.7. The van der Waals surface area contributed by atoms with Crippen molar-refractivity contribution in [2.75, 3.05) is 38.2 Å². The molecule has 31 heavy (non-hydrogen) atoms. The molecular weight excluding hydrogens is 398 g/mol. The molecule has 1 unspecified atom stereocenters. The third kappa shape index (κ3) is 4.26. The quantitative estimate of drug-likeness (QED) is 0.689. The number of pyridine rings is 1. The lowest BCUT2D eigenvalue weighted by Gasteiger charge is -2.33. The molecular formula is C22H21N5O4. The Labute approximate surface area is 179 Å². The molecule has 3 aromatic rings. The van der Waals surface area contributed by atoms with Crippen LogP contribution in [0.4, 0.5) is 11.5 Å². The first-order chi connectivity index (χ1) is 15.3. The van der Waals surface area contributed by atoms with Gasteiger partial charge in [-0.05, 0) is 30.3 Å². The van der Waals surface area contributed by atoms with Gasteiger partial charge in [-0.15, -0.1) is 0 Å². The molecule has 0 radical (unpaired) electrons. The van der Waals surface area contributed by atoms with Crippen LogP contribution < -0.4 is 14.8 Å². The molecule has 1 N–H and O–H groups in total. The van der Waals surface area contributed by atoms with E-state index in [9.17, 15) is 4.79 Å². The number of carbonyl (C=O) groups is 1. The summed E-state index contributed by atoms with van der Waals surface area (Å²) >= 11 is 0. The highest BCUT2D eigenvalue weighted by Crippen LogP contribution is 2.32. The maximum Gasteiger partial charge on any atom is 0.254 e. The Morgan fingerprint density at radius 2 is 1.90 bits per heavy atom. The van der Waals surface area contributed by atoms with Crippen LogP contribution in [0.1, 0.15) is 22.2 Å². The molecule has 0 aliphatic carbocycles. The van der Waals surface area contributed by atoms with Crippen LogP contribution in [0.25, 0.3) is 0 Å². The predicted molar refractivity (Wildman–Crippen MR) is 112 cm³/mol. The SMILES string of the molecule is O=C(c1ccc2c(c1)OCCO2)N1CCOC(c2ccc(Nc3cnccn3)cn2)C1. The van der Waals surface area contributed by atoms with Gasteiger partial charge in [0.15, 0.2) is 11.5 Å². The summed E-state index contributed by atoms with van der Waals surface area (Å²) in [6.07, 6.45) is 6.30. The normalized spacial score (nSPS) is 17.8. The monoisotopic (exact) mass is 419 g/mol. The molecule has 0 bridgehead atoms. The molecule has 9 heteroatoms. The number of carbonyl (C=O) groups excluding carboxylic acids is 1. The lowest BCUT2D eigenvalue weighted by Crippen LogP contribution is -2.42. The molecule has 0 saturated carbocycles. The Kier molecular flexibility index (Phi) is 5.32. The summed E-state index contributed by atoms with van der Waals surface area (Å²) in [5.41, 5.74) is 2.13. The van der Waals surface area contributed by atoms with Crippen molar-refractivity contribution in [1.29, 1.82) is 0 Å². The summed E-state index contributed by atoms with van der Waals surface area (Å²) in [6.45, 7) is 2.40. The first kappa shape index (κ1) is 19.3. The number of hydrogen-bond donors (Lipinski definition) is 1. The van der Waals surface area contributed by atoms with Crippen LogP contribution in [0.3, 0.4) is 0 Å². The zero-order valence-corrected chi connectivity index (χ0v) is 16.7. The largest absolute Gasteiger partial charge is 0.486 e. The van der Waals surface area contributed by atoms with Crippen molar-refractivity contribution in [3.8, 4) is 11.5 Å². The van der Waals surface area contributed by atoms with Crippen molar-refractivity contribution < 1.29 is 19.0 Å². The number of anilines is 2. The van der Waals surface area contributed by atoms with Crippen molar-refractivity contribution in [2.24, 2.45) is 0 Å². The number of rotatable bonds is 4. The van der Waals surface area contributed by atoms with Crippen LogP contribution in [0, 0.1) is 0 Å². The first-order valence-electron chi connectivity index (χ1n) is 10.1. The van der Waals surface area contributed by atoms with Gasteiger partial charge < -0.3 is 24.4 Å². The third-order valence-electron chi connectivity index (χ3n) is 5.09. The molecule has 2 aliphatic rings. The molecule has 2 aromatic heterocycles. The highest BCUT2D eigenvalue weighted by molar-refractivity contribution is 5.95. The van der Waals surface area contributed by atoms with Gasteiger partial charge in [-0.3, -0.25) is 14.8 Å². The van der Waals surface area contributed by atoms with E-state index >= 15 is 0 Å². The van der Waals surface area contributed by atoms with Gasteiger partial charge in [-0.2, -0.15) is 0 Å². The second-order valence-electron chi connectivity index (χ2n) is 7.16. The average molecular weight is 419 g/mol. The van der Waals surface area contributed by atoms with Gasteiger partial charge >= 0.3 is 0 Å². The summed E-state index contributed by atoms with van der Waals surface area (Å²) in [4.78, 5) is 27.6. The molecule has 158 valence electrons. The minimum Gasteiger partial charge on any atom is -0.486 e. The van der Waals surface area contributed by atoms with E-state index in [4.69, 9.17) is 14.2 Å². The molecule has 0 spiro atoms. The lowest BCUT2D eigenvalue weighted by molar-refractivity contribution is -0.0247. The number of hydrogen-bond acceptors (Lipinski definition) is 8. The van der Waals surface area contributed by atoms with Crippen molar-refractivity contribution in [1.82, 2.24) is 19.9 Å². The smallest absolute Gasteiger partial charge is 0.254 e. The highest BCUT2D eigenvalue weighted by atomic mass is 16.6. The van der Waals surface area contributed by atoms with Crippen molar-refractivity contribution in [3.63, 3.8) is 0 Å². The van der Waals surface area contributed by atoms with E-state index in [1.165, 1.54) is 0 Å². The average Bonchev–Trinajstić information content (AvgIpc) is 2.84. The summed E-state index contributed by atoms with van der Waals surface area (Å²) in [5.74, 6) is 1.85. The Balaban J connectivity index is 1.26. The standard InChI is InChI=1S/C22H21N5O4/c28-22(15-1-4-18-19(11-15)31-10-9-30-18)27-7-8-29-20(14-27)17-3-2-16(12-25-17)26-21-13-23-5-6-24-21/h1-6,11-13,20H,7-10,14H2,(H,24,26). The van der Waals surface area contributed by atoms with E-state index in [1.807, 2.05) is 12.1 Å². The Morgan fingerprint density at radius 1 is 1.00 bits per heavy atom. The minimum absolute atomic E-state index is 0.0637. The van der Waals surface area contributed by atoms with Gasteiger partial charge in [0, 0.05) is 24.5 Å². The van der Waals surface area contributed by atoms with Gasteiger partial charge in [-0.1, -0.05) is 0 Å². The first-order valence-corrected chi connectivity index (χ1v) is 10.1. The molecule has 4 heterocycles. The second-order valence-corrected chi connectivity index (χ2v) is 7.16.